The second kappa shape index (κ2) is 6.95. The minimum absolute atomic E-state index is 0.0629. The van der Waals surface area contributed by atoms with Gasteiger partial charge < -0.3 is 15.2 Å². The number of nitrogens with one attached hydrogen (secondary N) is 1. The number of halogens is 1. The molecule has 2 N–H and O–H groups in total. The summed E-state index contributed by atoms with van der Waals surface area (Å²) in [6, 6.07) is 11.5. The molecule has 0 fully saturated rings. The summed E-state index contributed by atoms with van der Waals surface area (Å²) >= 11 is 6.05. The molecule has 5 nitrogen and oxygen atoms in total. The van der Waals surface area contributed by atoms with Gasteiger partial charge in [0.2, 0.25) is 0 Å². The summed E-state index contributed by atoms with van der Waals surface area (Å²) in [5, 5.41) is 11.7. The molecule has 114 valence electrons. The molecule has 2 aromatic carbocycles. The Balaban J connectivity index is 2.17. The molecule has 6 heteroatoms. The van der Waals surface area contributed by atoms with Crippen LogP contribution in [0.1, 0.15) is 15.9 Å². The second-order valence-corrected chi connectivity index (χ2v) is 4.95. The zero-order valence-corrected chi connectivity index (χ0v) is 12.6. The van der Waals surface area contributed by atoms with Crippen molar-refractivity contribution in [2.75, 3.05) is 12.4 Å². The maximum atomic E-state index is 12.3. The summed E-state index contributed by atoms with van der Waals surface area (Å²) in [6.45, 7) is 0. The number of carboxylic acid groups (broad SMARTS) is 1. The molecule has 0 spiro atoms. The van der Waals surface area contributed by atoms with Crippen LogP contribution in [-0.4, -0.2) is 24.1 Å². The lowest BCUT2D eigenvalue weighted by molar-refractivity contribution is -0.136. The number of carbonyl (C=O) groups excluding carboxylic acids is 1. The summed E-state index contributed by atoms with van der Waals surface area (Å²) < 4.78 is 5.14. The van der Waals surface area contributed by atoms with Gasteiger partial charge in [-0.2, -0.15) is 0 Å². The Kier molecular flexibility index (Phi) is 5.01. The lowest BCUT2D eigenvalue weighted by Gasteiger charge is -2.11. The minimum atomic E-state index is -0.905. The standard InChI is InChI=1S/C16H14ClNO4/c1-22-13-4-2-3-12(17)15(13)16(21)18-11-7-5-10(6-8-11)9-14(19)20/h2-8H,9H2,1H3,(H,18,21)(H,19,20). The molecule has 0 aliphatic heterocycles. The largest absolute Gasteiger partial charge is 0.496 e. The number of ether oxygens (including phenoxy) is 1. The maximum absolute atomic E-state index is 12.3. The van der Waals surface area contributed by atoms with Crippen molar-refractivity contribution in [3.63, 3.8) is 0 Å². The van der Waals surface area contributed by atoms with Crippen molar-refractivity contribution < 1.29 is 19.4 Å². The zero-order chi connectivity index (χ0) is 16.1. The Labute approximate surface area is 132 Å². The van der Waals surface area contributed by atoms with Gasteiger partial charge in [0.05, 0.1) is 18.6 Å². The first-order valence-corrected chi connectivity index (χ1v) is 6.83. The highest BCUT2D eigenvalue weighted by molar-refractivity contribution is 6.34. The molecule has 2 aromatic rings. The van der Waals surface area contributed by atoms with E-state index in [1.54, 1.807) is 42.5 Å². The minimum Gasteiger partial charge on any atom is -0.496 e. The average Bonchev–Trinajstić information content (AvgIpc) is 2.48. The van der Waals surface area contributed by atoms with E-state index in [2.05, 4.69) is 5.32 Å². The van der Waals surface area contributed by atoms with Gasteiger partial charge in [0, 0.05) is 5.69 Å². The Bertz CT molecular complexity index is 698. The predicted octanol–water partition coefficient (Wildman–Crippen LogP) is 3.23. The van der Waals surface area contributed by atoms with E-state index in [0.717, 1.165) is 0 Å². The van der Waals surface area contributed by atoms with Crippen molar-refractivity contribution in [2.24, 2.45) is 0 Å². The molecule has 0 radical (unpaired) electrons. The van der Waals surface area contributed by atoms with Crippen LogP contribution < -0.4 is 10.1 Å². The van der Waals surface area contributed by atoms with E-state index >= 15 is 0 Å². The maximum Gasteiger partial charge on any atom is 0.307 e. The molecule has 0 saturated carbocycles. The van der Waals surface area contributed by atoms with Crippen LogP contribution in [0.4, 0.5) is 5.69 Å². The van der Waals surface area contributed by atoms with E-state index in [0.29, 0.717) is 22.0 Å². The van der Waals surface area contributed by atoms with Crippen LogP contribution in [0, 0.1) is 0 Å². The summed E-state index contributed by atoms with van der Waals surface area (Å²) in [5.41, 5.74) is 1.45. The van der Waals surface area contributed by atoms with E-state index in [-0.39, 0.29) is 12.0 Å². The number of hydrogen-bond donors (Lipinski definition) is 2. The van der Waals surface area contributed by atoms with Gasteiger partial charge in [0.25, 0.3) is 5.91 Å². The Hall–Kier alpha value is -2.53. The SMILES string of the molecule is COc1cccc(Cl)c1C(=O)Nc1ccc(CC(=O)O)cc1. The molecule has 22 heavy (non-hydrogen) atoms. The molecule has 0 aromatic heterocycles. The number of aliphatic carboxylic acids is 1. The Morgan fingerprint density at radius 2 is 1.86 bits per heavy atom. The highest BCUT2D eigenvalue weighted by Crippen LogP contribution is 2.27. The van der Waals surface area contributed by atoms with Crippen LogP contribution in [0.2, 0.25) is 5.02 Å². The number of benzene rings is 2. The third kappa shape index (κ3) is 3.77. The second-order valence-electron chi connectivity index (χ2n) is 4.54. The lowest BCUT2D eigenvalue weighted by atomic mass is 10.1. The molecule has 0 heterocycles. The lowest BCUT2D eigenvalue weighted by Crippen LogP contribution is -2.14. The highest BCUT2D eigenvalue weighted by atomic mass is 35.5. The van der Waals surface area contributed by atoms with E-state index in [9.17, 15) is 9.59 Å². The van der Waals surface area contributed by atoms with Gasteiger partial charge in [-0.25, -0.2) is 0 Å². The first-order valence-electron chi connectivity index (χ1n) is 6.46. The molecule has 0 atom stereocenters. The molecule has 0 saturated heterocycles. The highest BCUT2D eigenvalue weighted by Gasteiger charge is 2.16. The molecule has 2 rings (SSSR count). The van der Waals surface area contributed by atoms with Gasteiger partial charge in [-0.1, -0.05) is 29.8 Å². The Morgan fingerprint density at radius 3 is 2.45 bits per heavy atom. The molecule has 0 unspecified atom stereocenters. The number of methoxy groups -OCH3 is 1. The predicted molar refractivity (Wildman–Crippen MR) is 83.7 cm³/mol. The van der Waals surface area contributed by atoms with E-state index < -0.39 is 11.9 Å². The number of anilines is 1. The van der Waals surface area contributed by atoms with Crippen molar-refractivity contribution in [1.82, 2.24) is 0 Å². The molecule has 0 aliphatic rings. The first kappa shape index (κ1) is 15.9. The number of hydrogen-bond acceptors (Lipinski definition) is 3. The van der Waals surface area contributed by atoms with Gasteiger partial charge in [-0.3, -0.25) is 9.59 Å². The summed E-state index contributed by atoms with van der Waals surface area (Å²) in [4.78, 5) is 22.9. The summed E-state index contributed by atoms with van der Waals surface area (Å²) in [5.74, 6) is -0.918. The third-order valence-electron chi connectivity index (χ3n) is 2.99. The van der Waals surface area contributed by atoms with E-state index in [1.807, 2.05) is 0 Å². The van der Waals surface area contributed by atoms with Gasteiger partial charge in [-0.15, -0.1) is 0 Å². The fourth-order valence-electron chi connectivity index (χ4n) is 1.97. The van der Waals surface area contributed by atoms with Crippen molar-refractivity contribution in [3.05, 3.63) is 58.6 Å². The van der Waals surface area contributed by atoms with Gasteiger partial charge in [0.1, 0.15) is 11.3 Å². The fraction of sp³-hybridized carbons (Fsp3) is 0.125. The molecule has 0 aliphatic carbocycles. The average molecular weight is 320 g/mol. The number of carboxylic acids is 1. The Morgan fingerprint density at radius 1 is 1.18 bits per heavy atom. The topological polar surface area (TPSA) is 75.6 Å². The summed E-state index contributed by atoms with van der Waals surface area (Å²) in [7, 11) is 1.46. The quantitative estimate of drug-likeness (QED) is 0.887. The van der Waals surface area contributed by atoms with Crippen LogP contribution in [0.5, 0.6) is 5.75 Å². The van der Waals surface area contributed by atoms with Crippen LogP contribution >= 0.6 is 11.6 Å². The molecular formula is C16H14ClNO4. The number of rotatable bonds is 5. The smallest absolute Gasteiger partial charge is 0.307 e. The van der Waals surface area contributed by atoms with Gasteiger partial charge in [-0.05, 0) is 29.8 Å². The van der Waals surface area contributed by atoms with Crippen LogP contribution in [0.15, 0.2) is 42.5 Å². The van der Waals surface area contributed by atoms with Crippen LogP contribution in [-0.2, 0) is 11.2 Å². The number of amides is 1. The third-order valence-corrected chi connectivity index (χ3v) is 3.30. The van der Waals surface area contributed by atoms with Crippen molar-refractivity contribution >= 4 is 29.2 Å². The molecular weight excluding hydrogens is 306 g/mol. The first-order chi connectivity index (χ1) is 10.5. The monoisotopic (exact) mass is 319 g/mol. The zero-order valence-electron chi connectivity index (χ0n) is 11.8. The van der Waals surface area contributed by atoms with E-state index in [1.165, 1.54) is 7.11 Å². The van der Waals surface area contributed by atoms with E-state index in [4.69, 9.17) is 21.4 Å². The molecule has 0 bridgehead atoms. The normalized spacial score (nSPS) is 10.1. The van der Waals surface area contributed by atoms with Crippen molar-refractivity contribution in [3.8, 4) is 5.75 Å². The van der Waals surface area contributed by atoms with Gasteiger partial charge in [0.15, 0.2) is 0 Å². The van der Waals surface area contributed by atoms with Gasteiger partial charge >= 0.3 is 5.97 Å². The van der Waals surface area contributed by atoms with Crippen molar-refractivity contribution in [2.45, 2.75) is 6.42 Å². The summed E-state index contributed by atoms with van der Waals surface area (Å²) in [6.07, 6.45) is -0.0629. The van der Waals surface area contributed by atoms with Crippen LogP contribution in [0.25, 0.3) is 0 Å². The van der Waals surface area contributed by atoms with Crippen molar-refractivity contribution in [1.29, 1.82) is 0 Å². The van der Waals surface area contributed by atoms with Crippen LogP contribution in [0.3, 0.4) is 0 Å². The fourth-order valence-corrected chi connectivity index (χ4v) is 2.22. The molecule has 1 amide bonds. The number of carbonyl (C=O) groups is 2.